The van der Waals surface area contributed by atoms with Gasteiger partial charge in [0.25, 0.3) is 0 Å². The predicted octanol–water partition coefficient (Wildman–Crippen LogP) is 7.29. The molecule has 29 heavy (non-hydrogen) atoms. The van der Waals surface area contributed by atoms with Gasteiger partial charge in [0.1, 0.15) is 6.61 Å². The van der Waals surface area contributed by atoms with E-state index in [0.717, 1.165) is 26.2 Å². The minimum absolute atomic E-state index is 0.234. The lowest BCUT2D eigenvalue weighted by atomic mass is 10.1. The Morgan fingerprint density at radius 2 is 1.59 bits per heavy atom. The molecule has 0 saturated heterocycles. The number of nitrogens with one attached hydrogen (secondary N) is 1. The molecule has 1 N–H and O–H groups in total. The summed E-state index contributed by atoms with van der Waals surface area (Å²) in [6.07, 6.45) is 0. The second-order valence-corrected chi connectivity index (χ2v) is 8.37. The van der Waals surface area contributed by atoms with Gasteiger partial charge in [0.05, 0.1) is 11.6 Å². The summed E-state index contributed by atoms with van der Waals surface area (Å²) in [5, 5.41) is 5.27. The number of ether oxygens (including phenoxy) is 2. The van der Waals surface area contributed by atoms with Gasteiger partial charge in [-0.1, -0.05) is 59.1 Å². The molecule has 0 radical (unpaired) electrons. The Bertz CT molecular complexity index is 978. The predicted molar refractivity (Wildman–Crippen MR) is 123 cm³/mol. The number of hydrogen-bond donors (Lipinski definition) is 1. The van der Waals surface area contributed by atoms with Gasteiger partial charge in [0.15, 0.2) is 11.5 Å². The molecule has 0 heterocycles. The third kappa shape index (κ3) is 5.80. The van der Waals surface area contributed by atoms with Gasteiger partial charge in [-0.05, 0) is 57.4 Å². The number of methoxy groups -OCH3 is 1. The zero-order valence-electron chi connectivity index (χ0n) is 15.6. The molecule has 0 aliphatic heterocycles. The van der Waals surface area contributed by atoms with E-state index in [1.54, 1.807) is 25.3 Å². The van der Waals surface area contributed by atoms with Crippen molar-refractivity contribution in [3.05, 3.63) is 90.8 Å². The Kier molecular flexibility index (Phi) is 8.10. The maximum atomic E-state index is 6.23. The molecule has 0 fully saturated rings. The van der Waals surface area contributed by atoms with Crippen LogP contribution in [0.2, 0.25) is 15.1 Å². The smallest absolute Gasteiger partial charge is 0.175 e. The van der Waals surface area contributed by atoms with E-state index >= 15 is 0 Å². The first kappa shape index (κ1) is 22.3. The fourth-order valence-electron chi connectivity index (χ4n) is 2.81. The molecule has 3 aromatic carbocycles. The molecule has 152 valence electrons. The van der Waals surface area contributed by atoms with Gasteiger partial charge in [0, 0.05) is 33.7 Å². The summed E-state index contributed by atoms with van der Waals surface area (Å²) < 4.78 is 12.3. The van der Waals surface area contributed by atoms with Gasteiger partial charge in [-0.2, -0.15) is 0 Å². The summed E-state index contributed by atoms with van der Waals surface area (Å²) in [6, 6.07) is 17.1. The average molecular weight is 516 g/mol. The van der Waals surface area contributed by atoms with Crippen molar-refractivity contribution in [1.29, 1.82) is 0 Å². The molecule has 0 aromatic heterocycles. The van der Waals surface area contributed by atoms with Crippen LogP contribution in [0, 0.1) is 0 Å². The van der Waals surface area contributed by atoms with E-state index in [4.69, 9.17) is 44.3 Å². The second-order valence-electron chi connectivity index (χ2n) is 6.29. The number of benzene rings is 3. The van der Waals surface area contributed by atoms with Crippen molar-refractivity contribution in [2.45, 2.75) is 19.7 Å². The minimum atomic E-state index is 0.234. The van der Waals surface area contributed by atoms with Crippen LogP contribution in [-0.4, -0.2) is 7.11 Å². The molecular weight excluding hydrogens is 497 g/mol. The minimum Gasteiger partial charge on any atom is -0.493 e. The van der Waals surface area contributed by atoms with E-state index < -0.39 is 0 Å². The maximum absolute atomic E-state index is 6.23. The van der Waals surface area contributed by atoms with Gasteiger partial charge < -0.3 is 14.8 Å². The first-order valence-corrected chi connectivity index (χ1v) is 10.8. The normalized spacial score (nSPS) is 10.8. The van der Waals surface area contributed by atoms with Crippen molar-refractivity contribution in [3.63, 3.8) is 0 Å². The van der Waals surface area contributed by atoms with Crippen molar-refractivity contribution in [3.8, 4) is 11.5 Å². The molecular formula is C22H19BrCl3NO2. The highest BCUT2D eigenvalue weighted by Gasteiger charge is 2.14. The van der Waals surface area contributed by atoms with E-state index in [0.29, 0.717) is 34.6 Å². The Hall–Kier alpha value is -1.43. The lowest BCUT2D eigenvalue weighted by molar-refractivity contribution is 0.282. The average Bonchev–Trinajstić information content (AvgIpc) is 2.70. The summed E-state index contributed by atoms with van der Waals surface area (Å²) in [4.78, 5) is 0. The van der Waals surface area contributed by atoms with Crippen LogP contribution in [0.15, 0.2) is 59.1 Å². The van der Waals surface area contributed by atoms with Crippen LogP contribution < -0.4 is 14.8 Å². The highest BCUT2D eigenvalue weighted by Crippen LogP contribution is 2.38. The summed E-state index contributed by atoms with van der Waals surface area (Å²) in [6.45, 7) is 1.55. The highest BCUT2D eigenvalue weighted by atomic mass is 79.9. The zero-order valence-corrected chi connectivity index (χ0v) is 19.5. The lowest BCUT2D eigenvalue weighted by Crippen LogP contribution is -2.13. The molecule has 0 amide bonds. The largest absolute Gasteiger partial charge is 0.493 e. The number of halogens is 4. The SMILES string of the molecule is COc1cc(CNCc2ccccc2Cl)cc(Br)c1OCc1c(Cl)cccc1Cl. The Morgan fingerprint density at radius 3 is 2.28 bits per heavy atom. The molecule has 0 bridgehead atoms. The first-order valence-electron chi connectivity index (χ1n) is 8.85. The number of hydrogen-bond acceptors (Lipinski definition) is 3. The molecule has 0 aliphatic carbocycles. The molecule has 0 saturated carbocycles. The Morgan fingerprint density at radius 1 is 0.897 bits per heavy atom. The van der Waals surface area contributed by atoms with E-state index in [1.165, 1.54) is 0 Å². The number of rotatable bonds is 8. The maximum Gasteiger partial charge on any atom is 0.175 e. The summed E-state index contributed by atoms with van der Waals surface area (Å²) >= 11 is 22.2. The molecule has 7 heteroatoms. The van der Waals surface area contributed by atoms with Crippen LogP contribution in [0.4, 0.5) is 0 Å². The lowest BCUT2D eigenvalue weighted by Gasteiger charge is -2.16. The van der Waals surface area contributed by atoms with E-state index in [-0.39, 0.29) is 6.61 Å². The van der Waals surface area contributed by atoms with Crippen molar-refractivity contribution in [2.24, 2.45) is 0 Å². The standard InChI is InChI=1S/C22H19BrCl3NO2/c1-28-21-10-14(11-27-12-15-5-2-3-6-18(15)24)9-17(23)22(21)29-13-16-19(25)7-4-8-20(16)26/h2-10,27H,11-13H2,1H3. The quantitative estimate of drug-likeness (QED) is 0.342. The molecule has 3 aromatic rings. The molecule has 3 nitrogen and oxygen atoms in total. The fourth-order valence-corrected chi connectivity index (χ4v) is 4.13. The van der Waals surface area contributed by atoms with Crippen molar-refractivity contribution in [1.82, 2.24) is 5.32 Å². The van der Waals surface area contributed by atoms with Gasteiger partial charge >= 0.3 is 0 Å². The van der Waals surface area contributed by atoms with Crippen LogP contribution in [0.1, 0.15) is 16.7 Å². The fraction of sp³-hybridized carbons (Fsp3) is 0.182. The second kappa shape index (κ2) is 10.6. The highest BCUT2D eigenvalue weighted by molar-refractivity contribution is 9.10. The Balaban J connectivity index is 1.69. The Labute approximate surface area is 194 Å². The molecule has 0 aliphatic rings. The van der Waals surface area contributed by atoms with Crippen molar-refractivity contribution >= 4 is 50.7 Å². The van der Waals surface area contributed by atoms with Gasteiger partial charge in [-0.15, -0.1) is 0 Å². The van der Waals surface area contributed by atoms with Gasteiger partial charge in [-0.25, -0.2) is 0 Å². The van der Waals surface area contributed by atoms with Crippen molar-refractivity contribution < 1.29 is 9.47 Å². The van der Waals surface area contributed by atoms with E-state index in [1.807, 2.05) is 36.4 Å². The summed E-state index contributed by atoms with van der Waals surface area (Å²) in [5.74, 6) is 1.22. The van der Waals surface area contributed by atoms with Crippen LogP contribution >= 0.6 is 50.7 Å². The molecule has 3 rings (SSSR count). The third-order valence-electron chi connectivity index (χ3n) is 4.31. The topological polar surface area (TPSA) is 30.5 Å². The monoisotopic (exact) mass is 513 g/mol. The first-order chi connectivity index (χ1) is 14.0. The van der Waals surface area contributed by atoms with E-state index in [2.05, 4.69) is 21.2 Å². The van der Waals surface area contributed by atoms with Gasteiger partial charge in [0.2, 0.25) is 0 Å². The van der Waals surface area contributed by atoms with E-state index in [9.17, 15) is 0 Å². The van der Waals surface area contributed by atoms with Crippen LogP contribution in [0.5, 0.6) is 11.5 Å². The summed E-state index contributed by atoms with van der Waals surface area (Å²) in [7, 11) is 1.61. The molecule has 0 spiro atoms. The summed E-state index contributed by atoms with van der Waals surface area (Å²) in [5.41, 5.74) is 2.83. The van der Waals surface area contributed by atoms with Crippen LogP contribution in [-0.2, 0) is 19.7 Å². The van der Waals surface area contributed by atoms with Crippen LogP contribution in [0.3, 0.4) is 0 Å². The molecule has 0 atom stereocenters. The van der Waals surface area contributed by atoms with Crippen molar-refractivity contribution in [2.75, 3.05) is 7.11 Å². The zero-order chi connectivity index (χ0) is 20.8. The van der Waals surface area contributed by atoms with Crippen LogP contribution in [0.25, 0.3) is 0 Å². The third-order valence-corrected chi connectivity index (χ3v) is 5.98. The molecule has 0 unspecified atom stereocenters. The van der Waals surface area contributed by atoms with Gasteiger partial charge in [-0.3, -0.25) is 0 Å².